The van der Waals surface area contributed by atoms with Crippen LogP contribution in [0.3, 0.4) is 0 Å². The van der Waals surface area contributed by atoms with Gasteiger partial charge < -0.3 is 4.74 Å². The highest BCUT2D eigenvalue weighted by molar-refractivity contribution is 7.98. The molecule has 0 saturated carbocycles. The Morgan fingerprint density at radius 1 is 1.09 bits per heavy atom. The van der Waals surface area contributed by atoms with Crippen molar-refractivity contribution in [3.63, 3.8) is 0 Å². The van der Waals surface area contributed by atoms with Crippen LogP contribution >= 0.6 is 23.4 Å². The third-order valence-corrected chi connectivity index (χ3v) is 5.73. The molecule has 3 aromatic heterocycles. The Hall–Kier alpha value is -3.03. The second kappa shape index (κ2) is 9.85. The van der Waals surface area contributed by atoms with Gasteiger partial charge in [0.25, 0.3) is 0 Å². The molecule has 0 unspecified atom stereocenters. The second-order valence-electron chi connectivity index (χ2n) is 6.64. The van der Waals surface area contributed by atoms with Gasteiger partial charge >= 0.3 is 6.18 Å². The fourth-order valence-corrected chi connectivity index (χ4v) is 4.07. The number of methoxy groups -OCH3 is 1. The van der Waals surface area contributed by atoms with Crippen LogP contribution < -0.4 is 0 Å². The maximum Gasteiger partial charge on any atom is 0.418 e. The number of rotatable bonds is 8. The highest BCUT2D eigenvalue weighted by Crippen LogP contribution is 2.36. The first kappa shape index (κ1) is 23.1. The first-order valence-corrected chi connectivity index (χ1v) is 10.8. The fourth-order valence-electron chi connectivity index (χ4n) is 3.03. The number of halogens is 4. The summed E-state index contributed by atoms with van der Waals surface area (Å²) in [4.78, 5) is 4.01. The largest absolute Gasteiger partial charge is 0.418 e. The van der Waals surface area contributed by atoms with E-state index in [1.165, 1.54) is 23.9 Å². The monoisotopic (exact) mass is 496 g/mol. The van der Waals surface area contributed by atoms with Gasteiger partial charge in [-0.15, -0.1) is 15.3 Å². The zero-order valence-electron chi connectivity index (χ0n) is 17.1. The lowest BCUT2D eigenvalue weighted by Crippen LogP contribution is -2.13. The molecule has 33 heavy (non-hydrogen) atoms. The number of alkyl halides is 3. The molecule has 0 aliphatic rings. The number of aromatic nitrogens is 8. The molecular formula is C19H16ClF3N8OS. The van der Waals surface area contributed by atoms with E-state index >= 15 is 0 Å². The van der Waals surface area contributed by atoms with Crippen LogP contribution in [-0.4, -0.2) is 53.7 Å². The quantitative estimate of drug-likeness (QED) is 0.339. The van der Waals surface area contributed by atoms with Crippen LogP contribution in [0.5, 0.6) is 0 Å². The molecule has 0 saturated heterocycles. The molecule has 1 aromatic carbocycles. The standard InChI is InChI=1S/C19H16ClF3N8OS/c1-32-9-8-30-17(12-4-6-24-7-5-12)26-27-18(30)33-11-16-25-28-29-31(16)15-3-2-13(20)10-14(15)19(21,22)23/h2-7,10H,8-9,11H2,1H3. The van der Waals surface area contributed by atoms with Crippen LogP contribution in [0.1, 0.15) is 11.4 Å². The summed E-state index contributed by atoms with van der Waals surface area (Å²) in [7, 11) is 1.59. The third kappa shape index (κ3) is 5.15. The van der Waals surface area contributed by atoms with Gasteiger partial charge in [-0.3, -0.25) is 9.55 Å². The van der Waals surface area contributed by atoms with Crippen molar-refractivity contribution in [3.8, 4) is 17.1 Å². The van der Waals surface area contributed by atoms with E-state index in [0.717, 1.165) is 16.3 Å². The first-order valence-electron chi connectivity index (χ1n) is 9.48. The topological polar surface area (TPSA) is 96.4 Å². The Labute approximate surface area is 194 Å². The molecule has 0 spiro atoms. The van der Waals surface area contributed by atoms with Gasteiger partial charge in [0.2, 0.25) is 0 Å². The van der Waals surface area contributed by atoms with Crippen molar-refractivity contribution in [1.29, 1.82) is 0 Å². The van der Waals surface area contributed by atoms with Crippen LogP contribution in [0, 0.1) is 0 Å². The van der Waals surface area contributed by atoms with Gasteiger partial charge in [-0.2, -0.15) is 17.9 Å². The lowest BCUT2D eigenvalue weighted by atomic mass is 10.1. The molecule has 0 fully saturated rings. The predicted molar refractivity (Wildman–Crippen MR) is 114 cm³/mol. The van der Waals surface area contributed by atoms with E-state index in [-0.39, 0.29) is 22.3 Å². The average molecular weight is 497 g/mol. The van der Waals surface area contributed by atoms with E-state index < -0.39 is 11.7 Å². The van der Waals surface area contributed by atoms with Crippen molar-refractivity contribution < 1.29 is 17.9 Å². The summed E-state index contributed by atoms with van der Waals surface area (Å²) in [6.45, 7) is 0.894. The average Bonchev–Trinajstić information content (AvgIpc) is 3.43. The molecule has 3 heterocycles. The van der Waals surface area contributed by atoms with Gasteiger partial charge in [-0.05, 0) is 40.8 Å². The van der Waals surface area contributed by atoms with Gasteiger partial charge in [0, 0.05) is 30.1 Å². The SMILES string of the molecule is COCCn1c(SCc2nnnn2-c2ccc(Cl)cc2C(F)(F)F)nnc1-c1ccncc1. The van der Waals surface area contributed by atoms with Gasteiger partial charge in [0.1, 0.15) is 0 Å². The summed E-state index contributed by atoms with van der Waals surface area (Å²) in [5.41, 5.74) is -0.330. The number of tetrazole rings is 1. The van der Waals surface area contributed by atoms with E-state index in [2.05, 4.69) is 30.7 Å². The molecule has 0 N–H and O–H groups in total. The van der Waals surface area contributed by atoms with Crippen molar-refractivity contribution in [2.75, 3.05) is 13.7 Å². The van der Waals surface area contributed by atoms with Crippen LogP contribution in [0.15, 0.2) is 47.9 Å². The van der Waals surface area contributed by atoms with Gasteiger partial charge in [0.05, 0.1) is 30.2 Å². The molecule has 172 valence electrons. The van der Waals surface area contributed by atoms with Crippen LogP contribution in [0.25, 0.3) is 17.1 Å². The Balaban J connectivity index is 1.63. The summed E-state index contributed by atoms with van der Waals surface area (Å²) in [6.07, 6.45) is -1.33. The van der Waals surface area contributed by atoms with Crippen molar-refractivity contribution in [2.24, 2.45) is 0 Å². The van der Waals surface area contributed by atoms with Gasteiger partial charge in [0.15, 0.2) is 16.8 Å². The third-order valence-electron chi connectivity index (χ3n) is 4.53. The summed E-state index contributed by atoms with van der Waals surface area (Å²) in [6, 6.07) is 7.05. The highest BCUT2D eigenvalue weighted by atomic mass is 35.5. The van der Waals surface area contributed by atoms with E-state index in [4.69, 9.17) is 16.3 Å². The molecule has 14 heteroatoms. The molecular weight excluding hydrogens is 481 g/mol. The smallest absolute Gasteiger partial charge is 0.383 e. The van der Waals surface area contributed by atoms with E-state index in [1.807, 2.05) is 16.7 Å². The maximum atomic E-state index is 13.6. The van der Waals surface area contributed by atoms with Crippen molar-refractivity contribution in [1.82, 2.24) is 40.0 Å². The Morgan fingerprint density at radius 3 is 2.61 bits per heavy atom. The molecule has 4 aromatic rings. The van der Waals surface area contributed by atoms with E-state index in [1.54, 1.807) is 19.5 Å². The van der Waals surface area contributed by atoms with Gasteiger partial charge in [-0.25, -0.2) is 0 Å². The summed E-state index contributed by atoms with van der Waals surface area (Å²) < 4.78 is 48.8. The minimum Gasteiger partial charge on any atom is -0.383 e. The number of benzene rings is 1. The Bertz CT molecular complexity index is 1230. The lowest BCUT2D eigenvalue weighted by molar-refractivity contribution is -0.137. The first-order chi connectivity index (χ1) is 15.9. The number of thioether (sulfide) groups is 1. The molecule has 0 amide bonds. The highest BCUT2D eigenvalue weighted by Gasteiger charge is 2.35. The fraction of sp³-hybridized carbons (Fsp3) is 0.263. The molecule has 0 aliphatic heterocycles. The van der Waals surface area contributed by atoms with Crippen molar-refractivity contribution in [2.45, 2.75) is 23.6 Å². The van der Waals surface area contributed by atoms with E-state index in [0.29, 0.717) is 24.1 Å². The van der Waals surface area contributed by atoms with Crippen molar-refractivity contribution in [3.05, 3.63) is 59.1 Å². The number of hydrogen-bond donors (Lipinski definition) is 0. The van der Waals surface area contributed by atoms with Crippen LogP contribution in [0.4, 0.5) is 13.2 Å². The summed E-state index contributed by atoms with van der Waals surface area (Å²) in [5, 5.41) is 20.2. The zero-order valence-corrected chi connectivity index (χ0v) is 18.6. The number of pyridine rings is 1. The molecule has 0 aliphatic carbocycles. The van der Waals surface area contributed by atoms with Gasteiger partial charge in [-0.1, -0.05) is 23.4 Å². The number of nitrogens with zero attached hydrogens (tertiary/aromatic N) is 8. The Kier molecular flexibility index (Phi) is 6.91. The zero-order chi connectivity index (χ0) is 23.4. The Morgan fingerprint density at radius 2 is 1.88 bits per heavy atom. The predicted octanol–water partition coefficient (Wildman–Crippen LogP) is 3.93. The summed E-state index contributed by atoms with van der Waals surface area (Å²) in [5.74, 6) is 0.974. The van der Waals surface area contributed by atoms with Crippen LogP contribution in [-0.2, 0) is 23.2 Å². The minimum absolute atomic E-state index is 0.0371. The normalized spacial score (nSPS) is 11.8. The second-order valence-corrected chi connectivity index (χ2v) is 8.02. The molecule has 0 atom stereocenters. The minimum atomic E-state index is -4.63. The molecule has 0 bridgehead atoms. The lowest BCUT2D eigenvalue weighted by Gasteiger charge is -2.14. The number of hydrogen-bond acceptors (Lipinski definition) is 8. The summed E-state index contributed by atoms with van der Waals surface area (Å²) >= 11 is 7.02. The molecule has 0 radical (unpaired) electrons. The van der Waals surface area contributed by atoms with Crippen molar-refractivity contribution >= 4 is 23.4 Å². The van der Waals surface area contributed by atoms with E-state index in [9.17, 15) is 13.2 Å². The maximum absolute atomic E-state index is 13.6. The molecule has 4 rings (SSSR count). The number of ether oxygens (including phenoxy) is 1. The van der Waals surface area contributed by atoms with Crippen LogP contribution in [0.2, 0.25) is 5.02 Å². The molecule has 9 nitrogen and oxygen atoms in total.